The predicted molar refractivity (Wildman–Crippen MR) is 67.2 cm³/mol. The van der Waals surface area contributed by atoms with Gasteiger partial charge in [-0.1, -0.05) is 0 Å². The summed E-state index contributed by atoms with van der Waals surface area (Å²) in [6, 6.07) is 6.54. The molecule has 17 heavy (non-hydrogen) atoms. The zero-order chi connectivity index (χ0) is 11.8. The Morgan fingerprint density at radius 1 is 1.24 bits per heavy atom. The van der Waals surface area contributed by atoms with Gasteiger partial charge in [-0.2, -0.15) is 0 Å². The van der Waals surface area contributed by atoms with E-state index in [4.69, 9.17) is 5.73 Å². The van der Waals surface area contributed by atoms with E-state index >= 15 is 0 Å². The second kappa shape index (κ2) is 3.78. The number of pyridine rings is 1. The number of aromatic nitrogens is 2. The van der Waals surface area contributed by atoms with Gasteiger partial charge in [-0.05, 0) is 24.3 Å². The van der Waals surface area contributed by atoms with Crippen LogP contribution in [0.15, 0.2) is 36.7 Å². The number of nitrogens with zero attached hydrogens (tertiary/aromatic N) is 2. The van der Waals surface area contributed by atoms with Crippen molar-refractivity contribution in [3.63, 3.8) is 0 Å². The molecular weight excluding hydrogens is 237 g/mol. The third kappa shape index (κ3) is 1.74. The number of nitrogens with two attached hydrogens (primary N) is 1. The molecule has 0 unspecified atom stereocenters. The number of thiazole rings is 1. The molecule has 0 saturated carbocycles. The molecule has 0 atom stereocenters. The van der Waals surface area contributed by atoms with Crippen molar-refractivity contribution < 1.29 is 4.39 Å². The van der Waals surface area contributed by atoms with Crippen LogP contribution in [-0.4, -0.2) is 9.97 Å². The highest BCUT2D eigenvalue weighted by atomic mass is 32.1. The van der Waals surface area contributed by atoms with Crippen LogP contribution in [0.1, 0.15) is 0 Å². The summed E-state index contributed by atoms with van der Waals surface area (Å²) in [5.74, 6) is -0.406. The minimum absolute atomic E-state index is 0.139. The van der Waals surface area contributed by atoms with Crippen LogP contribution in [-0.2, 0) is 0 Å². The van der Waals surface area contributed by atoms with E-state index in [9.17, 15) is 4.39 Å². The molecule has 0 aliphatic carbocycles. The summed E-state index contributed by atoms with van der Waals surface area (Å²) in [5.41, 5.74) is 7.35. The van der Waals surface area contributed by atoms with Crippen LogP contribution in [0, 0.1) is 5.82 Å². The SMILES string of the molecule is Nc1cc(-c2nc3cnccc3s2)ccc1F. The van der Waals surface area contributed by atoms with Crippen molar-refractivity contribution in [2.45, 2.75) is 0 Å². The molecule has 84 valence electrons. The maximum Gasteiger partial charge on any atom is 0.146 e. The Morgan fingerprint density at radius 3 is 2.88 bits per heavy atom. The highest BCUT2D eigenvalue weighted by Gasteiger charge is 2.07. The number of halogens is 1. The molecule has 0 bridgehead atoms. The van der Waals surface area contributed by atoms with Crippen molar-refractivity contribution >= 4 is 27.2 Å². The molecule has 5 heteroatoms. The molecular formula is C12H8FN3S. The summed E-state index contributed by atoms with van der Waals surface area (Å²) in [6.07, 6.45) is 3.44. The van der Waals surface area contributed by atoms with Crippen molar-refractivity contribution in [3.8, 4) is 10.6 Å². The first-order chi connectivity index (χ1) is 8.24. The monoisotopic (exact) mass is 245 g/mol. The van der Waals surface area contributed by atoms with E-state index in [1.807, 2.05) is 6.07 Å². The number of rotatable bonds is 1. The van der Waals surface area contributed by atoms with Crippen molar-refractivity contribution in [1.82, 2.24) is 9.97 Å². The van der Waals surface area contributed by atoms with E-state index in [1.165, 1.54) is 17.4 Å². The Hall–Kier alpha value is -2.01. The second-order valence-corrected chi connectivity index (χ2v) is 4.63. The summed E-state index contributed by atoms with van der Waals surface area (Å²) in [6.45, 7) is 0. The smallest absolute Gasteiger partial charge is 0.146 e. The largest absolute Gasteiger partial charge is 0.396 e. The number of hydrogen-bond donors (Lipinski definition) is 1. The van der Waals surface area contributed by atoms with Gasteiger partial charge in [-0.3, -0.25) is 4.98 Å². The van der Waals surface area contributed by atoms with Crippen molar-refractivity contribution in [3.05, 3.63) is 42.5 Å². The van der Waals surface area contributed by atoms with Crippen LogP contribution in [0.2, 0.25) is 0 Å². The molecule has 2 N–H and O–H groups in total. The van der Waals surface area contributed by atoms with Crippen molar-refractivity contribution in [1.29, 1.82) is 0 Å². The van der Waals surface area contributed by atoms with E-state index < -0.39 is 5.82 Å². The Bertz CT molecular complexity index is 660. The molecule has 0 spiro atoms. The number of fused-ring (bicyclic) bond motifs is 1. The Labute approximate surface area is 101 Å². The predicted octanol–water partition coefficient (Wildman–Crippen LogP) is 3.08. The molecule has 0 saturated heterocycles. The van der Waals surface area contributed by atoms with Crippen molar-refractivity contribution in [2.24, 2.45) is 0 Å². The van der Waals surface area contributed by atoms with Gasteiger partial charge in [0.15, 0.2) is 0 Å². The van der Waals surface area contributed by atoms with E-state index in [0.29, 0.717) is 0 Å². The van der Waals surface area contributed by atoms with Crippen LogP contribution < -0.4 is 5.73 Å². The maximum absolute atomic E-state index is 13.1. The molecule has 3 aromatic rings. The van der Waals surface area contributed by atoms with Crippen LogP contribution in [0.25, 0.3) is 20.8 Å². The molecule has 1 aromatic carbocycles. The zero-order valence-electron chi connectivity index (χ0n) is 8.72. The van der Waals surface area contributed by atoms with Crippen LogP contribution in [0.5, 0.6) is 0 Å². The first-order valence-electron chi connectivity index (χ1n) is 5.00. The Morgan fingerprint density at radius 2 is 2.12 bits per heavy atom. The number of hydrogen-bond acceptors (Lipinski definition) is 4. The number of benzene rings is 1. The summed E-state index contributed by atoms with van der Waals surface area (Å²) in [5, 5.41) is 0.819. The second-order valence-electron chi connectivity index (χ2n) is 3.60. The lowest BCUT2D eigenvalue weighted by Crippen LogP contribution is -1.90. The fourth-order valence-electron chi connectivity index (χ4n) is 1.58. The van der Waals surface area contributed by atoms with Gasteiger partial charge in [0.1, 0.15) is 16.3 Å². The quantitative estimate of drug-likeness (QED) is 0.670. The number of nitrogen functional groups attached to an aromatic ring is 1. The molecule has 2 aromatic heterocycles. The van der Waals surface area contributed by atoms with Crippen LogP contribution in [0.4, 0.5) is 10.1 Å². The lowest BCUT2D eigenvalue weighted by Gasteiger charge is -1.99. The molecule has 2 heterocycles. The lowest BCUT2D eigenvalue weighted by atomic mass is 10.2. The van der Waals surface area contributed by atoms with E-state index in [1.54, 1.807) is 24.5 Å². The first kappa shape index (κ1) is 10.2. The molecule has 0 aliphatic heterocycles. The molecule has 3 rings (SSSR count). The van der Waals surface area contributed by atoms with Gasteiger partial charge in [0.2, 0.25) is 0 Å². The molecule has 0 fully saturated rings. The van der Waals surface area contributed by atoms with Gasteiger partial charge >= 0.3 is 0 Å². The van der Waals surface area contributed by atoms with E-state index in [-0.39, 0.29) is 5.69 Å². The average molecular weight is 245 g/mol. The standard InChI is InChI=1S/C12H8FN3S/c13-8-2-1-7(5-9(8)14)12-16-10-6-15-4-3-11(10)17-12/h1-6H,14H2. The average Bonchev–Trinajstić information content (AvgIpc) is 2.76. The van der Waals surface area contributed by atoms with Crippen LogP contribution >= 0.6 is 11.3 Å². The molecule has 0 amide bonds. The summed E-state index contributed by atoms with van der Waals surface area (Å²) < 4.78 is 14.1. The minimum Gasteiger partial charge on any atom is -0.396 e. The molecule has 0 aliphatic rings. The van der Waals surface area contributed by atoms with Gasteiger partial charge < -0.3 is 5.73 Å². The summed E-state index contributed by atoms with van der Waals surface area (Å²) in [4.78, 5) is 8.44. The van der Waals surface area contributed by atoms with Gasteiger partial charge in [0, 0.05) is 11.8 Å². The molecule has 0 radical (unpaired) electrons. The fourth-order valence-corrected chi connectivity index (χ4v) is 2.51. The van der Waals surface area contributed by atoms with E-state index in [2.05, 4.69) is 9.97 Å². The summed E-state index contributed by atoms with van der Waals surface area (Å²) in [7, 11) is 0. The zero-order valence-corrected chi connectivity index (χ0v) is 9.54. The first-order valence-corrected chi connectivity index (χ1v) is 5.81. The van der Waals surface area contributed by atoms with Crippen LogP contribution in [0.3, 0.4) is 0 Å². The third-order valence-corrected chi connectivity index (χ3v) is 3.52. The highest BCUT2D eigenvalue weighted by molar-refractivity contribution is 7.21. The Kier molecular flexibility index (Phi) is 2.26. The summed E-state index contributed by atoms with van der Waals surface area (Å²) >= 11 is 1.54. The van der Waals surface area contributed by atoms with Gasteiger partial charge in [-0.25, -0.2) is 9.37 Å². The van der Waals surface area contributed by atoms with Gasteiger partial charge in [-0.15, -0.1) is 11.3 Å². The topological polar surface area (TPSA) is 51.8 Å². The number of anilines is 1. The molecule has 3 nitrogen and oxygen atoms in total. The minimum atomic E-state index is -0.406. The third-order valence-electron chi connectivity index (χ3n) is 2.43. The highest BCUT2D eigenvalue weighted by Crippen LogP contribution is 2.30. The van der Waals surface area contributed by atoms with Crippen molar-refractivity contribution in [2.75, 3.05) is 5.73 Å². The van der Waals surface area contributed by atoms with Gasteiger partial charge in [0.25, 0.3) is 0 Å². The fraction of sp³-hybridized carbons (Fsp3) is 0. The Balaban J connectivity index is 2.17. The normalized spacial score (nSPS) is 10.9. The maximum atomic E-state index is 13.1. The van der Waals surface area contributed by atoms with Gasteiger partial charge in [0.05, 0.1) is 16.6 Å². The van der Waals surface area contributed by atoms with E-state index in [0.717, 1.165) is 20.8 Å². The lowest BCUT2D eigenvalue weighted by molar-refractivity contribution is 0.632.